The number of nitrogens with zero attached hydrogens (tertiary/aromatic N) is 1. The van der Waals surface area contributed by atoms with Crippen molar-refractivity contribution >= 4 is 11.8 Å². The van der Waals surface area contributed by atoms with Crippen LogP contribution in [-0.4, -0.2) is 25.0 Å². The highest BCUT2D eigenvalue weighted by Gasteiger charge is 2.47. The first-order valence-corrected chi connectivity index (χ1v) is 7.20. The number of nitriles is 1. The molecule has 0 saturated heterocycles. The summed E-state index contributed by atoms with van der Waals surface area (Å²) >= 11 is 0. The normalized spacial score (nSPS) is 17.5. The predicted molar refractivity (Wildman–Crippen MR) is 82.2 cm³/mol. The Morgan fingerprint density at radius 2 is 1.92 bits per heavy atom. The largest absolute Gasteiger partial charge is 0.465 e. The number of halogens is 3. The summed E-state index contributed by atoms with van der Waals surface area (Å²) in [5.41, 5.74) is 4.18. The molecule has 6 nitrogen and oxygen atoms in total. The van der Waals surface area contributed by atoms with Crippen molar-refractivity contribution in [1.82, 2.24) is 0 Å². The molecule has 0 amide bonds. The molecule has 1 aliphatic heterocycles. The summed E-state index contributed by atoms with van der Waals surface area (Å²) in [6.45, 7) is 0.911. The lowest BCUT2D eigenvalue weighted by Gasteiger charge is -2.29. The summed E-state index contributed by atoms with van der Waals surface area (Å²) < 4.78 is 49.3. The second-order valence-corrected chi connectivity index (χ2v) is 5.30. The van der Waals surface area contributed by atoms with E-state index in [0.717, 1.165) is 14.0 Å². The van der Waals surface area contributed by atoms with E-state index in [1.807, 2.05) is 0 Å². The Bertz CT molecular complexity index is 879. The molecule has 136 valence electrons. The molecule has 0 unspecified atom stereocenters. The fourth-order valence-electron chi connectivity index (χ4n) is 2.69. The summed E-state index contributed by atoms with van der Waals surface area (Å²) in [7, 11) is 1.10. The summed E-state index contributed by atoms with van der Waals surface area (Å²) in [4.78, 5) is 24.0. The number of hydrogen-bond acceptors (Lipinski definition) is 6. The molecular formula is C17H13F3N2O4. The van der Waals surface area contributed by atoms with Crippen LogP contribution in [0.15, 0.2) is 47.1 Å². The molecule has 1 aliphatic rings. The highest BCUT2D eigenvalue weighted by atomic mass is 19.4. The molecular weight excluding hydrogens is 353 g/mol. The second kappa shape index (κ2) is 6.92. The fraction of sp³-hybridized carbons (Fsp3) is 0.235. The number of rotatable bonds is 3. The third-order valence-corrected chi connectivity index (χ3v) is 3.73. The molecule has 0 aromatic heterocycles. The van der Waals surface area contributed by atoms with E-state index in [4.69, 9.17) is 5.73 Å². The molecule has 26 heavy (non-hydrogen) atoms. The van der Waals surface area contributed by atoms with Crippen molar-refractivity contribution in [3.63, 3.8) is 0 Å². The van der Waals surface area contributed by atoms with Crippen molar-refractivity contribution in [3.8, 4) is 6.07 Å². The van der Waals surface area contributed by atoms with Gasteiger partial charge in [-0.2, -0.15) is 18.4 Å². The van der Waals surface area contributed by atoms with Crippen LogP contribution >= 0.6 is 0 Å². The number of carbonyl (C=O) groups excluding carboxylic acids is 2. The Labute approximate surface area is 146 Å². The maximum absolute atomic E-state index is 13.4. The van der Waals surface area contributed by atoms with Gasteiger partial charge in [0.25, 0.3) is 0 Å². The van der Waals surface area contributed by atoms with Gasteiger partial charge in [-0.3, -0.25) is 4.79 Å². The Kier molecular flexibility index (Phi) is 5.07. The number of alkyl halides is 3. The molecule has 1 aromatic rings. The van der Waals surface area contributed by atoms with E-state index in [1.165, 1.54) is 24.3 Å². The first-order valence-electron chi connectivity index (χ1n) is 7.20. The molecule has 0 spiro atoms. The number of ether oxygens (including phenoxy) is 2. The Balaban J connectivity index is 2.87. The monoisotopic (exact) mass is 366 g/mol. The lowest BCUT2D eigenvalue weighted by Crippen LogP contribution is -2.31. The van der Waals surface area contributed by atoms with Crippen LogP contribution in [0.5, 0.6) is 0 Å². The number of nitrogens with two attached hydrogens (primary N) is 1. The fourth-order valence-corrected chi connectivity index (χ4v) is 2.69. The molecule has 1 aromatic carbocycles. The molecule has 2 rings (SSSR count). The predicted octanol–water partition coefficient (Wildman–Crippen LogP) is 2.69. The van der Waals surface area contributed by atoms with Crippen molar-refractivity contribution in [2.45, 2.75) is 19.0 Å². The molecule has 0 fully saturated rings. The minimum absolute atomic E-state index is 0.0194. The van der Waals surface area contributed by atoms with Gasteiger partial charge in [-0.25, -0.2) is 4.79 Å². The van der Waals surface area contributed by atoms with E-state index in [2.05, 4.69) is 9.47 Å². The van der Waals surface area contributed by atoms with E-state index in [9.17, 15) is 28.0 Å². The Hall–Kier alpha value is -3.28. The highest BCUT2D eigenvalue weighted by Crippen LogP contribution is 2.45. The quantitative estimate of drug-likeness (QED) is 0.825. The number of esters is 1. The summed E-state index contributed by atoms with van der Waals surface area (Å²) in [5.74, 6) is -5.71. The van der Waals surface area contributed by atoms with Gasteiger partial charge in [0.2, 0.25) is 11.6 Å². The number of methoxy groups -OCH3 is 1. The van der Waals surface area contributed by atoms with Gasteiger partial charge in [0.05, 0.1) is 24.2 Å². The van der Waals surface area contributed by atoms with Crippen molar-refractivity contribution in [2.75, 3.05) is 7.11 Å². The van der Waals surface area contributed by atoms with E-state index in [-0.39, 0.29) is 11.1 Å². The smallest absolute Gasteiger partial charge is 0.450 e. The SMILES string of the molecule is COC(=O)c1ccccc1[C@H]1C(C#N)=C(N)OC(C(F)(F)F)=C1C(C)=O. The van der Waals surface area contributed by atoms with Crippen LogP contribution < -0.4 is 5.73 Å². The molecule has 2 N–H and O–H groups in total. The highest BCUT2D eigenvalue weighted by molar-refractivity contribution is 5.99. The van der Waals surface area contributed by atoms with Crippen LogP contribution in [0, 0.1) is 11.3 Å². The van der Waals surface area contributed by atoms with Gasteiger partial charge in [0.15, 0.2) is 5.78 Å². The van der Waals surface area contributed by atoms with Gasteiger partial charge in [-0.05, 0) is 18.6 Å². The number of carbonyl (C=O) groups is 2. The van der Waals surface area contributed by atoms with E-state index < -0.39 is 46.6 Å². The molecule has 1 atom stereocenters. The first-order chi connectivity index (χ1) is 12.1. The molecule has 0 saturated carbocycles. The summed E-state index contributed by atoms with van der Waals surface area (Å²) in [5, 5.41) is 9.37. The maximum Gasteiger partial charge on any atom is 0.450 e. The summed E-state index contributed by atoms with van der Waals surface area (Å²) in [6, 6.07) is 7.22. The van der Waals surface area contributed by atoms with Crippen molar-refractivity contribution in [3.05, 3.63) is 58.2 Å². The number of hydrogen-bond donors (Lipinski definition) is 1. The lowest BCUT2D eigenvalue weighted by atomic mass is 9.79. The van der Waals surface area contributed by atoms with Crippen LogP contribution in [0.3, 0.4) is 0 Å². The molecule has 1 heterocycles. The van der Waals surface area contributed by atoms with Crippen LogP contribution in [0.4, 0.5) is 13.2 Å². The average molecular weight is 366 g/mol. The minimum Gasteiger partial charge on any atom is -0.465 e. The third kappa shape index (κ3) is 3.26. The number of Topliss-reactive ketones (excluding diaryl/α,β-unsaturated/α-hetero) is 1. The maximum atomic E-state index is 13.4. The molecule has 9 heteroatoms. The third-order valence-electron chi connectivity index (χ3n) is 3.73. The molecule has 0 radical (unpaired) electrons. The van der Waals surface area contributed by atoms with Crippen LogP contribution in [-0.2, 0) is 14.3 Å². The minimum atomic E-state index is -5.02. The van der Waals surface area contributed by atoms with Gasteiger partial charge >= 0.3 is 12.1 Å². The zero-order valence-corrected chi connectivity index (χ0v) is 13.7. The molecule has 0 bridgehead atoms. The van der Waals surface area contributed by atoms with Gasteiger partial charge in [-0.15, -0.1) is 0 Å². The van der Waals surface area contributed by atoms with Crippen molar-refractivity contribution < 1.29 is 32.2 Å². The van der Waals surface area contributed by atoms with E-state index in [0.29, 0.717) is 0 Å². The van der Waals surface area contributed by atoms with Gasteiger partial charge in [0.1, 0.15) is 11.6 Å². The van der Waals surface area contributed by atoms with Gasteiger partial charge < -0.3 is 15.2 Å². The molecule has 0 aliphatic carbocycles. The number of ketones is 1. The van der Waals surface area contributed by atoms with Gasteiger partial charge in [-0.1, -0.05) is 18.2 Å². The van der Waals surface area contributed by atoms with E-state index in [1.54, 1.807) is 6.07 Å². The number of allylic oxidation sites excluding steroid dienone is 3. The zero-order valence-electron chi connectivity index (χ0n) is 13.7. The standard InChI is InChI=1S/C17H13F3N2O4/c1-8(23)12-13(9-5-3-4-6-10(9)16(24)25-2)11(7-21)15(22)26-14(12)17(18,19)20/h3-6,13H,22H2,1-2H3/t13-/m0/s1. The van der Waals surface area contributed by atoms with Crippen molar-refractivity contribution in [2.24, 2.45) is 5.73 Å². The van der Waals surface area contributed by atoms with Crippen molar-refractivity contribution in [1.29, 1.82) is 5.26 Å². The number of benzene rings is 1. The topological polar surface area (TPSA) is 102 Å². The zero-order chi connectivity index (χ0) is 19.6. The van der Waals surface area contributed by atoms with Gasteiger partial charge in [0, 0.05) is 0 Å². The Morgan fingerprint density at radius 3 is 2.42 bits per heavy atom. The average Bonchev–Trinajstić information content (AvgIpc) is 2.58. The lowest BCUT2D eigenvalue weighted by molar-refractivity contribution is -0.131. The summed E-state index contributed by atoms with van der Waals surface area (Å²) in [6.07, 6.45) is -5.02. The second-order valence-electron chi connectivity index (χ2n) is 5.30. The Morgan fingerprint density at radius 1 is 1.31 bits per heavy atom. The first kappa shape index (κ1) is 19.1. The van der Waals surface area contributed by atoms with Crippen LogP contribution in [0.2, 0.25) is 0 Å². The van der Waals surface area contributed by atoms with Crippen LogP contribution in [0.25, 0.3) is 0 Å². The van der Waals surface area contributed by atoms with E-state index >= 15 is 0 Å². The van der Waals surface area contributed by atoms with Crippen LogP contribution in [0.1, 0.15) is 28.8 Å².